The summed E-state index contributed by atoms with van der Waals surface area (Å²) in [6, 6.07) is 3.73. The van der Waals surface area contributed by atoms with E-state index in [1.807, 2.05) is 12.1 Å². The Morgan fingerprint density at radius 2 is 2.00 bits per heavy atom. The Labute approximate surface area is 119 Å². The number of carbonyl (C=O) groups is 1. The average molecular weight is 278 g/mol. The Morgan fingerprint density at radius 1 is 1.35 bits per heavy atom. The van der Waals surface area contributed by atoms with E-state index in [-0.39, 0.29) is 5.91 Å². The quantitative estimate of drug-likeness (QED) is 0.908. The molecule has 0 spiro atoms. The second-order valence-corrected chi connectivity index (χ2v) is 5.07. The molecule has 0 saturated heterocycles. The number of carbonyl (C=O) groups excluding carboxylic acids is 1. The largest absolute Gasteiger partial charge is 0.496 e. The second kappa shape index (κ2) is 6.13. The van der Waals surface area contributed by atoms with E-state index in [1.165, 1.54) is 0 Å². The molecule has 5 heteroatoms. The van der Waals surface area contributed by atoms with Crippen LogP contribution in [0.1, 0.15) is 18.9 Å². The molecule has 1 amide bonds. The van der Waals surface area contributed by atoms with Gasteiger partial charge in [0.25, 0.3) is 0 Å². The van der Waals surface area contributed by atoms with E-state index in [2.05, 4.69) is 0 Å². The third kappa shape index (κ3) is 2.58. The summed E-state index contributed by atoms with van der Waals surface area (Å²) in [5.41, 5.74) is 7.54. The molecule has 0 aromatic heterocycles. The number of benzene rings is 1. The Morgan fingerprint density at radius 3 is 2.55 bits per heavy atom. The molecule has 1 aliphatic rings. The van der Waals surface area contributed by atoms with Crippen molar-refractivity contribution >= 4 is 11.6 Å². The van der Waals surface area contributed by atoms with Gasteiger partial charge in [0.2, 0.25) is 5.91 Å². The predicted octanol–water partition coefficient (Wildman–Crippen LogP) is 1.58. The summed E-state index contributed by atoms with van der Waals surface area (Å²) >= 11 is 0. The third-order valence-electron chi connectivity index (χ3n) is 3.80. The van der Waals surface area contributed by atoms with E-state index in [0.717, 1.165) is 29.8 Å². The number of rotatable bonds is 4. The van der Waals surface area contributed by atoms with E-state index in [1.54, 1.807) is 26.0 Å². The Balaban J connectivity index is 2.53. The molecule has 2 N–H and O–H groups in total. The summed E-state index contributed by atoms with van der Waals surface area (Å²) in [6.07, 6.45) is 1.75. The number of nitrogens with two attached hydrogens (primary N) is 1. The number of hydrogen-bond acceptors (Lipinski definition) is 4. The molecule has 0 aliphatic carbocycles. The number of amides is 1. The minimum atomic E-state index is 0.0134. The monoisotopic (exact) mass is 278 g/mol. The van der Waals surface area contributed by atoms with E-state index in [0.29, 0.717) is 24.8 Å². The molecule has 2 rings (SSSR count). The lowest BCUT2D eigenvalue weighted by Gasteiger charge is -2.35. The Hall–Kier alpha value is -1.75. The molecule has 1 aliphatic heterocycles. The van der Waals surface area contributed by atoms with Crippen LogP contribution in [0.4, 0.5) is 5.69 Å². The van der Waals surface area contributed by atoms with Crippen LogP contribution >= 0.6 is 0 Å². The fourth-order valence-electron chi connectivity index (χ4n) is 2.86. The molecule has 0 radical (unpaired) electrons. The van der Waals surface area contributed by atoms with E-state index in [4.69, 9.17) is 15.2 Å². The van der Waals surface area contributed by atoms with Crippen LogP contribution in [-0.2, 0) is 11.2 Å². The topological polar surface area (TPSA) is 64.8 Å². The first-order valence-electron chi connectivity index (χ1n) is 6.84. The SMILES string of the molecule is COc1ccc(OC)c2c1CC(CCN)CN2C(C)=O. The number of fused-ring (bicyclic) bond motifs is 1. The summed E-state index contributed by atoms with van der Waals surface area (Å²) in [5, 5.41) is 0. The van der Waals surface area contributed by atoms with Crippen LogP contribution in [0.5, 0.6) is 11.5 Å². The van der Waals surface area contributed by atoms with Crippen molar-refractivity contribution in [2.75, 3.05) is 32.2 Å². The van der Waals surface area contributed by atoms with Crippen LogP contribution < -0.4 is 20.1 Å². The van der Waals surface area contributed by atoms with Crippen molar-refractivity contribution in [3.8, 4) is 11.5 Å². The van der Waals surface area contributed by atoms with Crippen LogP contribution in [-0.4, -0.2) is 33.2 Å². The molecule has 1 aromatic rings. The maximum Gasteiger partial charge on any atom is 0.223 e. The van der Waals surface area contributed by atoms with Crippen LogP contribution in [0.2, 0.25) is 0 Å². The fourth-order valence-corrected chi connectivity index (χ4v) is 2.86. The standard InChI is InChI=1S/C15H22N2O3/c1-10(18)17-9-11(6-7-16)8-12-13(19-2)4-5-14(20-3)15(12)17/h4-5,11H,6-9,16H2,1-3H3. The predicted molar refractivity (Wildman–Crippen MR) is 78.4 cm³/mol. The maximum absolute atomic E-state index is 12.0. The first kappa shape index (κ1) is 14.7. The molecule has 1 heterocycles. The first-order chi connectivity index (χ1) is 9.62. The zero-order chi connectivity index (χ0) is 14.7. The summed E-state index contributed by atoms with van der Waals surface area (Å²) in [7, 11) is 3.26. The summed E-state index contributed by atoms with van der Waals surface area (Å²) < 4.78 is 10.9. The molecule has 1 aromatic carbocycles. The molecular formula is C15H22N2O3. The average Bonchev–Trinajstić information content (AvgIpc) is 2.45. The highest BCUT2D eigenvalue weighted by molar-refractivity contribution is 5.95. The number of hydrogen-bond donors (Lipinski definition) is 1. The van der Waals surface area contributed by atoms with Gasteiger partial charge in [0.15, 0.2) is 0 Å². The van der Waals surface area contributed by atoms with Crippen molar-refractivity contribution in [2.45, 2.75) is 19.8 Å². The minimum Gasteiger partial charge on any atom is -0.496 e. The molecular weight excluding hydrogens is 256 g/mol. The Bertz CT molecular complexity index is 502. The fraction of sp³-hybridized carbons (Fsp3) is 0.533. The second-order valence-electron chi connectivity index (χ2n) is 5.07. The molecule has 1 atom stereocenters. The van der Waals surface area contributed by atoms with Crippen LogP contribution in [0, 0.1) is 5.92 Å². The highest BCUT2D eigenvalue weighted by Gasteiger charge is 2.31. The van der Waals surface area contributed by atoms with Gasteiger partial charge >= 0.3 is 0 Å². The van der Waals surface area contributed by atoms with Crippen molar-refractivity contribution in [3.05, 3.63) is 17.7 Å². The lowest BCUT2D eigenvalue weighted by molar-refractivity contribution is -0.116. The van der Waals surface area contributed by atoms with E-state index < -0.39 is 0 Å². The van der Waals surface area contributed by atoms with Gasteiger partial charge < -0.3 is 20.1 Å². The van der Waals surface area contributed by atoms with Crippen LogP contribution in [0.25, 0.3) is 0 Å². The highest BCUT2D eigenvalue weighted by atomic mass is 16.5. The van der Waals surface area contributed by atoms with E-state index in [9.17, 15) is 4.79 Å². The van der Waals surface area contributed by atoms with E-state index >= 15 is 0 Å². The van der Waals surface area contributed by atoms with Gasteiger partial charge in [-0.25, -0.2) is 0 Å². The lowest BCUT2D eigenvalue weighted by atomic mass is 9.89. The molecule has 110 valence electrons. The number of methoxy groups -OCH3 is 2. The smallest absolute Gasteiger partial charge is 0.223 e. The molecule has 20 heavy (non-hydrogen) atoms. The van der Waals surface area contributed by atoms with Crippen LogP contribution in [0.3, 0.4) is 0 Å². The van der Waals surface area contributed by atoms with Gasteiger partial charge in [-0.2, -0.15) is 0 Å². The molecule has 0 fully saturated rings. The zero-order valence-corrected chi connectivity index (χ0v) is 12.3. The Kier molecular flexibility index (Phi) is 4.49. The van der Waals surface area contributed by atoms with Gasteiger partial charge in [-0.1, -0.05) is 0 Å². The number of anilines is 1. The molecule has 0 bridgehead atoms. The van der Waals surface area contributed by atoms with Gasteiger partial charge in [0.1, 0.15) is 11.5 Å². The lowest BCUT2D eigenvalue weighted by Crippen LogP contribution is -2.39. The summed E-state index contributed by atoms with van der Waals surface area (Å²) in [5.74, 6) is 1.88. The first-order valence-corrected chi connectivity index (χ1v) is 6.84. The van der Waals surface area contributed by atoms with Gasteiger partial charge in [0.05, 0.1) is 19.9 Å². The summed E-state index contributed by atoms with van der Waals surface area (Å²) in [4.78, 5) is 13.8. The number of ether oxygens (including phenoxy) is 2. The zero-order valence-electron chi connectivity index (χ0n) is 12.3. The molecule has 1 unspecified atom stereocenters. The number of nitrogens with zero attached hydrogens (tertiary/aromatic N) is 1. The van der Waals surface area contributed by atoms with Crippen molar-refractivity contribution < 1.29 is 14.3 Å². The third-order valence-corrected chi connectivity index (χ3v) is 3.80. The van der Waals surface area contributed by atoms with Gasteiger partial charge in [-0.05, 0) is 37.4 Å². The highest BCUT2D eigenvalue weighted by Crippen LogP contribution is 2.43. The van der Waals surface area contributed by atoms with Crippen molar-refractivity contribution in [3.63, 3.8) is 0 Å². The summed E-state index contributed by atoms with van der Waals surface area (Å²) in [6.45, 7) is 2.88. The van der Waals surface area contributed by atoms with Crippen molar-refractivity contribution in [1.82, 2.24) is 0 Å². The molecule has 0 saturated carbocycles. The van der Waals surface area contributed by atoms with Gasteiger partial charge in [-0.15, -0.1) is 0 Å². The van der Waals surface area contributed by atoms with Crippen LogP contribution in [0.15, 0.2) is 12.1 Å². The van der Waals surface area contributed by atoms with Crippen molar-refractivity contribution in [1.29, 1.82) is 0 Å². The normalized spacial score (nSPS) is 17.6. The molecule has 5 nitrogen and oxygen atoms in total. The maximum atomic E-state index is 12.0. The van der Waals surface area contributed by atoms with Gasteiger partial charge in [-0.3, -0.25) is 4.79 Å². The van der Waals surface area contributed by atoms with Crippen molar-refractivity contribution in [2.24, 2.45) is 11.7 Å². The minimum absolute atomic E-state index is 0.0134. The van der Waals surface area contributed by atoms with Gasteiger partial charge in [0, 0.05) is 19.0 Å².